The molecule has 19 heavy (non-hydrogen) atoms. The predicted octanol–water partition coefficient (Wildman–Crippen LogP) is 3.88. The number of hydrogen-bond donors (Lipinski definition) is 1. The molecular formula is C14H22N4S. The van der Waals surface area contributed by atoms with Gasteiger partial charge in [-0.15, -0.1) is 0 Å². The van der Waals surface area contributed by atoms with Crippen LogP contribution in [0.4, 0.5) is 0 Å². The van der Waals surface area contributed by atoms with Gasteiger partial charge in [0.2, 0.25) is 0 Å². The fourth-order valence-corrected chi connectivity index (χ4v) is 3.88. The number of aromatic amines is 1. The van der Waals surface area contributed by atoms with Gasteiger partial charge < -0.3 is 4.98 Å². The molecule has 5 heteroatoms. The Morgan fingerprint density at radius 3 is 2.95 bits per heavy atom. The molecule has 0 radical (unpaired) electrons. The van der Waals surface area contributed by atoms with Crippen LogP contribution < -0.4 is 0 Å². The topological polar surface area (TPSA) is 38.5 Å². The fourth-order valence-electron chi connectivity index (χ4n) is 3.54. The number of rotatable bonds is 2. The van der Waals surface area contributed by atoms with Gasteiger partial charge >= 0.3 is 0 Å². The van der Waals surface area contributed by atoms with Crippen molar-refractivity contribution in [2.24, 2.45) is 13.0 Å². The maximum absolute atomic E-state index is 5.55. The minimum Gasteiger partial charge on any atom is -0.328 e. The summed E-state index contributed by atoms with van der Waals surface area (Å²) in [5.74, 6) is 0.847. The molecule has 104 valence electrons. The number of nitrogens with zero attached hydrogens (tertiary/aromatic N) is 3. The number of nitrogens with one attached hydrogen (secondary N) is 1. The summed E-state index contributed by atoms with van der Waals surface area (Å²) < 4.78 is 5.13. The second-order valence-electron chi connectivity index (χ2n) is 5.80. The standard InChI is InChI=1S/C14H22N4S/c1-4-10-6-5-7-11(8-10)18-13-12(15-14(18)19)9(2)16-17(13)3/h10-11H,4-8H2,1-3H3,(H,15,19). The van der Waals surface area contributed by atoms with Crippen LogP contribution in [0.15, 0.2) is 0 Å². The third kappa shape index (κ3) is 2.04. The zero-order valence-electron chi connectivity index (χ0n) is 11.9. The largest absolute Gasteiger partial charge is 0.328 e. The van der Waals surface area contributed by atoms with Gasteiger partial charge in [-0.2, -0.15) is 5.10 Å². The molecule has 0 saturated heterocycles. The lowest BCUT2D eigenvalue weighted by atomic mass is 9.84. The highest BCUT2D eigenvalue weighted by molar-refractivity contribution is 7.71. The molecule has 1 aliphatic carbocycles. The molecular weight excluding hydrogens is 256 g/mol. The Morgan fingerprint density at radius 2 is 2.21 bits per heavy atom. The summed E-state index contributed by atoms with van der Waals surface area (Å²) in [5, 5.41) is 4.50. The van der Waals surface area contributed by atoms with E-state index in [1.165, 1.54) is 32.1 Å². The normalized spacial score (nSPS) is 24.2. The average Bonchev–Trinajstić information content (AvgIpc) is 2.88. The predicted molar refractivity (Wildman–Crippen MR) is 79.9 cm³/mol. The van der Waals surface area contributed by atoms with Gasteiger partial charge in [0, 0.05) is 13.1 Å². The number of H-pyrrole nitrogens is 1. The van der Waals surface area contributed by atoms with E-state index in [1.807, 2.05) is 18.7 Å². The van der Waals surface area contributed by atoms with Crippen molar-refractivity contribution >= 4 is 23.4 Å². The summed E-state index contributed by atoms with van der Waals surface area (Å²) in [6.45, 7) is 4.33. The van der Waals surface area contributed by atoms with Gasteiger partial charge in [-0.25, -0.2) is 0 Å². The second-order valence-corrected chi connectivity index (χ2v) is 6.19. The molecule has 0 bridgehead atoms. The first-order valence-electron chi connectivity index (χ1n) is 7.25. The summed E-state index contributed by atoms with van der Waals surface area (Å²) in [6, 6.07) is 0.537. The van der Waals surface area contributed by atoms with Crippen molar-refractivity contribution in [2.45, 2.75) is 52.0 Å². The monoisotopic (exact) mass is 278 g/mol. The molecule has 2 aromatic rings. The van der Waals surface area contributed by atoms with Crippen LogP contribution in [-0.4, -0.2) is 19.3 Å². The SMILES string of the molecule is CCC1CCCC(n2c(=S)[nH]c3c(C)nn(C)c32)C1. The average molecular weight is 278 g/mol. The number of aryl methyl sites for hydroxylation is 2. The van der Waals surface area contributed by atoms with E-state index in [1.54, 1.807) is 0 Å². The number of fused-ring (bicyclic) bond motifs is 1. The Bertz CT molecular complexity index is 648. The molecule has 3 rings (SSSR count). The van der Waals surface area contributed by atoms with Gasteiger partial charge in [0.05, 0.1) is 5.69 Å². The molecule has 0 aromatic carbocycles. The van der Waals surface area contributed by atoms with Crippen LogP contribution in [0.5, 0.6) is 0 Å². The minimum absolute atomic E-state index is 0.537. The smallest absolute Gasteiger partial charge is 0.179 e. The molecule has 0 amide bonds. The van der Waals surface area contributed by atoms with Gasteiger partial charge in [-0.3, -0.25) is 9.25 Å². The summed E-state index contributed by atoms with van der Waals surface area (Å²) in [7, 11) is 2.01. The Labute approximate surface area is 118 Å². The lowest BCUT2D eigenvalue weighted by Gasteiger charge is -2.29. The van der Waals surface area contributed by atoms with Crippen LogP contribution in [0.1, 0.15) is 50.8 Å². The van der Waals surface area contributed by atoms with E-state index in [4.69, 9.17) is 12.2 Å². The van der Waals surface area contributed by atoms with Crippen molar-refractivity contribution in [3.63, 3.8) is 0 Å². The molecule has 1 N–H and O–H groups in total. The van der Waals surface area contributed by atoms with Crippen molar-refractivity contribution in [3.05, 3.63) is 10.5 Å². The Morgan fingerprint density at radius 1 is 1.42 bits per heavy atom. The van der Waals surface area contributed by atoms with E-state index in [9.17, 15) is 0 Å². The third-order valence-electron chi connectivity index (χ3n) is 4.57. The molecule has 2 aromatic heterocycles. The lowest BCUT2D eigenvalue weighted by Crippen LogP contribution is -2.20. The Hall–Kier alpha value is -1.10. The quantitative estimate of drug-likeness (QED) is 0.847. The van der Waals surface area contributed by atoms with Crippen LogP contribution >= 0.6 is 12.2 Å². The molecule has 1 aliphatic rings. The van der Waals surface area contributed by atoms with Crippen LogP contribution in [-0.2, 0) is 7.05 Å². The molecule has 1 saturated carbocycles. The van der Waals surface area contributed by atoms with Crippen LogP contribution in [0.3, 0.4) is 0 Å². The van der Waals surface area contributed by atoms with Crippen molar-refractivity contribution in [1.29, 1.82) is 0 Å². The first kappa shape index (κ1) is 12.9. The maximum Gasteiger partial charge on any atom is 0.179 e. The van der Waals surface area contributed by atoms with Gasteiger partial charge in [0.15, 0.2) is 10.4 Å². The molecule has 1 fully saturated rings. The third-order valence-corrected chi connectivity index (χ3v) is 4.87. The molecule has 0 spiro atoms. The Balaban J connectivity index is 2.09. The summed E-state index contributed by atoms with van der Waals surface area (Å²) in [5.41, 5.74) is 3.29. The molecule has 2 atom stereocenters. The van der Waals surface area contributed by atoms with E-state index < -0.39 is 0 Å². The molecule has 2 heterocycles. The lowest BCUT2D eigenvalue weighted by molar-refractivity contribution is 0.262. The van der Waals surface area contributed by atoms with E-state index >= 15 is 0 Å². The van der Waals surface area contributed by atoms with Crippen molar-refractivity contribution < 1.29 is 0 Å². The number of aromatic nitrogens is 4. The van der Waals surface area contributed by atoms with Gasteiger partial charge in [-0.05, 0) is 37.9 Å². The molecule has 4 nitrogen and oxygen atoms in total. The first-order chi connectivity index (χ1) is 9.11. The Kier molecular flexibility index (Phi) is 3.25. The first-order valence-corrected chi connectivity index (χ1v) is 7.66. The summed E-state index contributed by atoms with van der Waals surface area (Å²) >= 11 is 5.55. The number of imidazole rings is 1. The summed E-state index contributed by atoms with van der Waals surface area (Å²) in [6.07, 6.45) is 6.46. The van der Waals surface area contributed by atoms with Crippen LogP contribution in [0.25, 0.3) is 11.2 Å². The van der Waals surface area contributed by atoms with Gasteiger partial charge in [0.25, 0.3) is 0 Å². The fraction of sp³-hybridized carbons (Fsp3) is 0.714. The van der Waals surface area contributed by atoms with Gasteiger partial charge in [0.1, 0.15) is 5.52 Å². The molecule has 2 unspecified atom stereocenters. The van der Waals surface area contributed by atoms with Crippen molar-refractivity contribution in [3.8, 4) is 0 Å². The van der Waals surface area contributed by atoms with Crippen molar-refractivity contribution in [2.75, 3.05) is 0 Å². The van der Waals surface area contributed by atoms with Crippen LogP contribution in [0.2, 0.25) is 0 Å². The maximum atomic E-state index is 5.55. The minimum atomic E-state index is 0.537. The van der Waals surface area contributed by atoms with E-state index in [0.29, 0.717) is 6.04 Å². The zero-order valence-corrected chi connectivity index (χ0v) is 12.8. The van der Waals surface area contributed by atoms with E-state index in [0.717, 1.165) is 27.5 Å². The highest BCUT2D eigenvalue weighted by Gasteiger charge is 2.25. The van der Waals surface area contributed by atoms with Gasteiger partial charge in [-0.1, -0.05) is 26.2 Å². The highest BCUT2D eigenvalue weighted by atomic mass is 32.1. The van der Waals surface area contributed by atoms with E-state index in [2.05, 4.69) is 21.6 Å². The summed E-state index contributed by atoms with van der Waals surface area (Å²) in [4.78, 5) is 3.34. The number of hydrogen-bond acceptors (Lipinski definition) is 2. The van der Waals surface area contributed by atoms with E-state index in [-0.39, 0.29) is 0 Å². The molecule has 0 aliphatic heterocycles. The van der Waals surface area contributed by atoms with Crippen molar-refractivity contribution in [1.82, 2.24) is 19.3 Å². The zero-order chi connectivity index (χ0) is 13.6. The second kappa shape index (κ2) is 4.78. The highest BCUT2D eigenvalue weighted by Crippen LogP contribution is 2.36. The van der Waals surface area contributed by atoms with Crippen LogP contribution in [0, 0.1) is 17.6 Å².